The van der Waals surface area contributed by atoms with Crippen LogP contribution in [-0.4, -0.2) is 16.7 Å². The molecule has 0 aromatic carbocycles. The number of aromatic nitrogens is 2. The zero-order chi connectivity index (χ0) is 11.8. The summed E-state index contributed by atoms with van der Waals surface area (Å²) in [6, 6.07) is 2.20. The van der Waals surface area contributed by atoms with Crippen molar-refractivity contribution in [3.05, 3.63) is 11.3 Å². The highest BCUT2D eigenvalue weighted by Crippen LogP contribution is 2.48. The van der Waals surface area contributed by atoms with Gasteiger partial charge in [-0.25, -0.2) is 0 Å². The zero-order valence-corrected chi connectivity index (χ0v) is 10.2. The van der Waals surface area contributed by atoms with Crippen molar-refractivity contribution < 1.29 is 0 Å². The standard InChI is InChI=1S/C13H18N4/c1-8-12(6-14)13(17-16-8)15-7-11-5-9-2-3-10(11)4-9/h9-11H,2-5,7H2,1H3,(H2,15,16,17). The van der Waals surface area contributed by atoms with E-state index in [9.17, 15) is 0 Å². The van der Waals surface area contributed by atoms with Crippen molar-refractivity contribution in [3.63, 3.8) is 0 Å². The first kappa shape index (κ1) is 10.6. The van der Waals surface area contributed by atoms with Gasteiger partial charge in [-0.05, 0) is 43.9 Å². The molecule has 3 rings (SSSR count). The molecule has 2 aliphatic rings. The van der Waals surface area contributed by atoms with E-state index in [1.165, 1.54) is 25.7 Å². The SMILES string of the molecule is Cc1[nH]nc(NCC2CC3CCC2C3)c1C#N. The van der Waals surface area contributed by atoms with Gasteiger partial charge in [-0.3, -0.25) is 5.10 Å². The Kier molecular flexibility index (Phi) is 2.54. The van der Waals surface area contributed by atoms with E-state index in [4.69, 9.17) is 5.26 Å². The van der Waals surface area contributed by atoms with Gasteiger partial charge >= 0.3 is 0 Å². The molecule has 3 atom stereocenters. The summed E-state index contributed by atoms with van der Waals surface area (Å²) in [7, 11) is 0. The van der Waals surface area contributed by atoms with Gasteiger partial charge in [-0.2, -0.15) is 10.4 Å². The normalized spacial score (nSPS) is 30.5. The van der Waals surface area contributed by atoms with Gasteiger partial charge in [0.1, 0.15) is 11.6 Å². The number of anilines is 1. The number of nitriles is 1. The van der Waals surface area contributed by atoms with Crippen LogP contribution in [0.25, 0.3) is 0 Å². The minimum atomic E-state index is 0.660. The third-order valence-electron chi connectivity index (χ3n) is 4.48. The lowest BCUT2D eigenvalue weighted by atomic mass is 9.89. The molecule has 1 aromatic heterocycles. The van der Waals surface area contributed by atoms with Crippen molar-refractivity contribution in [1.29, 1.82) is 5.26 Å². The van der Waals surface area contributed by atoms with Gasteiger partial charge in [0.25, 0.3) is 0 Å². The molecule has 0 aliphatic heterocycles. The fraction of sp³-hybridized carbons (Fsp3) is 0.692. The Hall–Kier alpha value is -1.50. The van der Waals surface area contributed by atoms with Gasteiger partial charge in [0.05, 0.1) is 5.69 Å². The quantitative estimate of drug-likeness (QED) is 0.838. The summed E-state index contributed by atoms with van der Waals surface area (Å²) in [6.07, 6.45) is 5.63. The minimum absolute atomic E-state index is 0.660. The van der Waals surface area contributed by atoms with E-state index >= 15 is 0 Å². The highest BCUT2D eigenvalue weighted by atomic mass is 15.2. The van der Waals surface area contributed by atoms with Gasteiger partial charge in [0.15, 0.2) is 5.82 Å². The van der Waals surface area contributed by atoms with E-state index in [0.717, 1.165) is 35.8 Å². The van der Waals surface area contributed by atoms with E-state index in [2.05, 4.69) is 21.6 Å². The Labute approximate surface area is 101 Å². The van der Waals surface area contributed by atoms with Crippen molar-refractivity contribution >= 4 is 5.82 Å². The smallest absolute Gasteiger partial charge is 0.166 e. The van der Waals surface area contributed by atoms with E-state index in [1.54, 1.807) is 0 Å². The van der Waals surface area contributed by atoms with Crippen LogP contribution in [0.2, 0.25) is 0 Å². The molecule has 2 fully saturated rings. The molecule has 0 amide bonds. The van der Waals surface area contributed by atoms with Gasteiger partial charge < -0.3 is 5.32 Å². The van der Waals surface area contributed by atoms with Gasteiger partial charge in [0.2, 0.25) is 0 Å². The maximum atomic E-state index is 9.04. The molecule has 2 aliphatic carbocycles. The second-order valence-corrected chi connectivity index (χ2v) is 5.50. The molecule has 17 heavy (non-hydrogen) atoms. The molecule has 4 nitrogen and oxygen atoms in total. The number of nitrogens with zero attached hydrogens (tertiary/aromatic N) is 2. The zero-order valence-electron chi connectivity index (χ0n) is 10.2. The number of nitrogens with one attached hydrogen (secondary N) is 2. The number of fused-ring (bicyclic) bond motifs is 2. The van der Waals surface area contributed by atoms with Crippen LogP contribution >= 0.6 is 0 Å². The largest absolute Gasteiger partial charge is 0.367 e. The molecular formula is C13H18N4. The Morgan fingerprint density at radius 1 is 1.47 bits per heavy atom. The second-order valence-electron chi connectivity index (χ2n) is 5.50. The predicted molar refractivity (Wildman–Crippen MR) is 65.5 cm³/mol. The number of H-pyrrole nitrogens is 1. The highest BCUT2D eigenvalue weighted by molar-refractivity contribution is 5.53. The number of hydrogen-bond donors (Lipinski definition) is 2. The van der Waals surface area contributed by atoms with Gasteiger partial charge in [-0.1, -0.05) is 6.42 Å². The lowest BCUT2D eigenvalue weighted by molar-refractivity contribution is 0.348. The van der Waals surface area contributed by atoms with Crippen LogP contribution in [0.5, 0.6) is 0 Å². The summed E-state index contributed by atoms with van der Waals surface area (Å²) >= 11 is 0. The summed E-state index contributed by atoms with van der Waals surface area (Å²) in [5.41, 5.74) is 1.51. The molecule has 0 saturated heterocycles. The Balaban J connectivity index is 1.63. The van der Waals surface area contributed by atoms with Crippen LogP contribution < -0.4 is 5.32 Å². The summed E-state index contributed by atoms with van der Waals surface area (Å²) in [4.78, 5) is 0. The molecular weight excluding hydrogens is 212 g/mol. The van der Waals surface area contributed by atoms with Crippen LogP contribution in [0.4, 0.5) is 5.82 Å². The minimum Gasteiger partial charge on any atom is -0.367 e. The second kappa shape index (κ2) is 4.06. The Morgan fingerprint density at radius 3 is 3.00 bits per heavy atom. The van der Waals surface area contributed by atoms with E-state index in [1.807, 2.05) is 6.92 Å². The van der Waals surface area contributed by atoms with Crippen LogP contribution in [0.3, 0.4) is 0 Å². The van der Waals surface area contributed by atoms with Crippen molar-refractivity contribution in [3.8, 4) is 6.07 Å². The number of hydrogen-bond acceptors (Lipinski definition) is 3. The van der Waals surface area contributed by atoms with E-state index in [0.29, 0.717) is 5.56 Å². The average Bonchev–Trinajstić information content (AvgIpc) is 3.01. The molecule has 90 valence electrons. The van der Waals surface area contributed by atoms with Crippen LogP contribution in [0, 0.1) is 36.0 Å². The van der Waals surface area contributed by atoms with Crippen molar-refractivity contribution in [2.24, 2.45) is 17.8 Å². The average molecular weight is 230 g/mol. The van der Waals surface area contributed by atoms with Gasteiger partial charge in [0, 0.05) is 6.54 Å². The topological polar surface area (TPSA) is 64.5 Å². The van der Waals surface area contributed by atoms with Crippen LogP contribution in [-0.2, 0) is 0 Å². The lowest BCUT2D eigenvalue weighted by Gasteiger charge is -2.21. The molecule has 0 radical (unpaired) electrons. The maximum absolute atomic E-state index is 9.04. The molecule has 1 heterocycles. The Morgan fingerprint density at radius 2 is 2.35 bits per heavy atom. The van der Waals surface area contributed by atoms with Crippen molar-refractivity contribution in [1.82, 2.24) is 10.2 Å². The molecule has 2 saturated carbocycles. The van der Waals surface area contributed by atoms with Crippen LogP contribution in [0.1, 0.15) is 36.9 Å². The molecule has 4 heteroatoms. The Bertz CT molecular complexity index is 456. The molecule has 1 aromatic rings. The molecule has 2 N–H and O–H groups in total. The molecule has 0 spiro atoms. The first-order chi connectivity index (χ1) is 8.28. The first-order valence-corrected chi connectivity index (χ1v) is 6.47. The van der Waals surface area contributed by atoms with Crippen molar-refractivity contribution in [2.45, 2.75) is 32.6 Å². The van der Waals surface area contributed by atoms with E-state index < -0.39 is 0 Å². The summed E-state index contributed by atoms with van der Waals surface area (Å²) in [5, 5.41) is 19.4. The summed E-state index contributed by atoms with van der Waals surface area (Å²) in [6.45, 7) is 2.86. The number of aromatic amines is 1. The number of rotatable bonds is 3. The fourth-order valence-electron chi connectivity index (χ4n) is 3.55. The summed E-state index contributed by atoms with van der Waals surface area (Å²) < 4.78 is 0. The monoisotopic (exact) mass is 230 g/mol. The number of aryl methyl sites for hydroxylation is 1. The third-order valence-corrected chi connectivity index (χ3v) is 4.48. The molecule has 3 unspecified atom stereocenters. The summed E-state index contributed by atoms with van der Waals surface area (Å²) in [5.74, 6) is 3.41. The molecule has 2 bridgehead atoms. The maximum Gasteiger partial charge on any atom is 0.166 e. The lowest BCUT2D eigenvalue weighted by Crippen LogP contribution is -2.20. The van der Waals surface area contributed by atoms with Crippen LogP contribution in [0.15, 0.2) is 0 Å². The highest BCUT2D eigenvalue weighted by Gasteiger charge is 2.39. The third kappa shape index (κ3) is 1.80. The van der Waals surface area contributed by atoms with Gasteiger partial charge in [-0.15, -0.1) is 0 Å². The fourth-order valence-corrected chi connectivity index (χ4v) is 3.55. The van der Waals surface area contributed by atoms with E-state index in [-0.39, 0.29) is 0 Å². The van der Waals surface area contributed by atoms with Crippen molar-refractivity contribution in [2.75, 3.05) is 11.9 Å². The predicted octanol–water partition coefficient (Wildman–Crippen LogP) is 2.44. The first-order valence-electron chi connectivity index (χ1n) is 6.47.